The molecular formula is C15H18ClN3O3. The molecule has 1 amide bonds. The van der Waals surface area contributed by atoms with Crippen LogP contribution in [0.1, 0.15) is 23.0 Å². The summed E-state index contributed by atoms with van der Waals surface area (Å²) in [7, 11) is 0. The lowest BCUT2D eigenvalue weighted by Crippen LogP contribution is -2.52. The van der Waals surface area contributed by atoms with Gasteiger partial charge in [-0.15, -0.1) is 0 Å². The summed E-state index contributed by atoms with van der Waals surface area (Å²) in [5.74, 6) is -0.464. The lowest BCUT2D eigenvalue weighted by atomic mass is 10.1. The highest BCUT2D eigenvalue weighted by Crippen LogP contribution is 2.20. The van der Waals surface area contributed by atoms with Crippen molar-refractivity contribution in [2.75, 3.05) is 13.2 Å². The van der Waals surface area contributed by atoms with E-state index in [1.165, 1.54) is 4.68 Å². The topological polar surface area (TPSA) is 87.4 Å². The van der Waals surface area contributed by atoms with Crippen LogP contribution in [0, 0.1) is 6.92 Å². The van der Waals surface area contributed by atoms with Crippen LogP contribution in [0.5, 0.6) is 0 Å². The number of hydrogen-bond donors (Lipinski definition) is 3. The zero-order valence-electron chi connectivity index (χ0n) is 12.4. The number of benzene rings is 1. The van der Waals surface area contributed by atoms with Gasteiger partial charge >= 0.3 is 0 Å². The Morgan fingerprint density at radius 2 is 2.00 bits per heavy atom. The number of aliphatic hydroxyl groups excluding tert-OH is 2. The van der Waals surface area contributed by atoms with E-state index in [1.807, 2.05) is 12.1 Å². The predicted molar refractivity (Wildman–Crippen MR) is 83.4 cm³/mol. The summed E-state index contributed by atoms with van der Waals surface area (Å²) in [6.45, 7) is 2.55. The van der Waals surface area contributed by atoms with Crippen molar-refractivity contribution in [3.8, 4) is 5.69 Å². The van der Waals surface area contributed by atoms with Crippen molar-refractivity contribution in [2.24, 2.45) is 0 Å². The van der Waals surface area contributed by atoms with Crippen molar-refractivity contribution in [3.05, 3.63) is 46.7 Å². The predicted octanol–water partition coefficient (Wildman–Crippen LogP) is 1.31. The SMILES string of the molecule is Cc1cn(-c2ccccc2Cl)nc1C(=O)NC(C)(CO)CO. The van der Waals surface area contributed by atoms with E-state index in [0.29, 0.717) is 16.3 Å². The summed E-state index contributed by atoms with van der Waals surface area (Å²) < 4.78 is 1.53. The van der Waals surface area contributed by atoms with Crippen molar-refractivity contribution >= 4 is 17.5 Å². The van der Waals surface area contributed by atoms with Gasteiger partial charge in [-0.05, 0) is 26.0 Å². The van der Waals surface area contributed by atoms with Gasteiger partial charge in [-0.1, -0.05) is 23.7 Å². The van der Waals surface area contributed by atoms with Crippen LogP contribution in [0.4, 0.5) is 0 Å². The molecule has 0 spiro atoms. The molecule has 0 radical (unpaired) electrons. The van der Waals surface area contributed by atoms with E-state index in [-0.39, 0.29) is 18.9 Å². The maximum absolute atomic E-state index is 12.3. The molecule has 0 saturated heterocycles. The number of hydrogen-bond acceptors (Lipinski definition) is 4. The van der Waals surface area contributed by atoms with Crippen LogP contribution in [0.15, 0.2) is 30.5 Å². The van der Waals surface area contributed by atoms with Gasteiger partial charge < -0.3 is 15.5 Å². The van der Waals surface area contributed by atoms with E-state index in [9.17, 15) is 15.0 Å². The minimum Gasteiger partial charge on any atom is -0.394 e. The number of nitrogens with one attached hydrogen (secondary N) is 1. The van der Waals surface area contributed by atoms with Gasteiger partial charge in [0.05, 0.1) is 29.5 Å². The van der Waals surface area contributed by atoms with E-state index in [4.69, 9.17) is 11.6 Å². The van der Waals surface area contributed by atoms with Crippen LogP contribution in [-0.2, 0) is 0 Å². The molecule has 6 nitrogen and oxygen atoms in total. The zero-order chi connectivity index (χ0) is 16.3. The fraction of sp³-hybridized carbons (Fsp3) is 0.333. The molecule has 0 atom stereocenters. The number of aryl methyl sites for hydroxylation is 1. The number of nitrogens with zero attached hydrogens (tertiary/aromatic N) is 2. The number of amides is 1. The van der Waals surface area contributed by atoms with Crippen molar-refractivity contribution in [1.29, 1.82) is 0 Å². The number of para-hydroxylation sites is 1. The Hall–Kier alpha value is -1.89. The largest absolute Gasteiger partial charge is 0.394 e. The first-order valence-electron chi connectivity index (χ1n) is 6.75. The van der Waals surface area contributed by atoms with E-state index in [1.54, 1.807) is 32.2 Å². The maximum atomic E-state index is 12.3. The Morgan fingerprint density at radius 1 is 1.36 bits per heavy atom. The standard InChI is InChI=1S/C15H18ClN3O3/c1-10-7-19(12-6-4-3-5-11(12)16)18-13(10)14(22)17-15(2,8-20)9-21/h3-7,20-21H,8-9H2,1-2H3,(H,17,22). The summed E-state index contributed by atoms with van der Waals surface area (Å²) >= 11 is 6.12. The molecule has 22 heavy (non-hydrogen) atoms. The van der Waals surface area contributed by atoms with Crippen LogP contribution in [0.25, 0.3) is 5.69 Å². The lowest BCUT2D eigenvalue weighted by molar-refractivity contribution is 0.0718. The van der Waals surface area contributed by atoms with Gasteiger partial charge in [0, 0.05) is 11.8 Å². The second-order valence-corrected chi connectivity index (χ2v) is 5.79. The fourth-order valence-corrected chi connectivity index (χ4v) is 2.13. The summed E-state index contributed by atoms with van der Waals surface area (Å²) in [6.07, 6.45) is 1.70. The van der Waals surface area contributed by atoms with Crippen LogP contribution in [-0.4, -0.2) is 44.7 Å². The highest BCUT2D eigenvalue weighted by Gasteiger charge is 2.27. The van der Waals surface area contributed by atoms with Gasteiger partial charge in [0.2, 0.25) is 0 Å². The lowest BCUT2D eigenvalue weighted by Gasteiger charge is -2.25. The monoisotopic (exact) mass is 323 g/mol. The van der Waals surface area contributed by atoms with Crippen LogP contribution < -0.4 is 5.32 Å². The molecule has 2 rings (SSSR count). The number of carbonyl (C=O) groups is 1. The Bertz CT molecular complexity index is 680. The van der Waals surface area contributed by atoms with Crippen LogP contribution in [0.3, 0.4) is 0 Å². The second-order valence-electron chi connectivity index (χ2n) is 5.39. The van der Waals surface area contributed by atoms with Crippen LogP contribution >= 0.6 is 11.6 Å². The number of carbonyl (C=O) groups excluding carboxylic acids is 1. The minimum atomic E-state index is -1.10. The minimum absolute atomic E-state index is 0.216. The molecule has 3 N–H and O–H groups in total. The zero-order valence-corrected chi connectivity index (χ0v) is 13.1. The molecule has 0 aliphatic heterocycles. The van der Waals surface area contributed by atoms with E-state index in [0.717, 1.165) is 0 Å². The molecule has 0 bridgehead atoms. The average molecular weight is 324 g/mol. The van der Waals surface area contributed by atoms with Crippen LogP contribution in [0.2, 0.25) is 5.02 Å². The molecule has 0 aliphatic rings. The molecule has 2 aromatic rings. The first-order valence-corrected chi connectivity index (χ1v) is 7.13. The Balaban J connectivity index is 2.31. The Morgan fingerprint density at radius 3 is 2.59 bits per heavy atom. The van der Waals surface area contributed by atoms with E-state index in [2.05, 4.69) is 10.4 Å². The Labute approximate surface area is 133 Å². The second kappa shape index (κ2) is 6.48. The first-order chi connectivity index (χ1) is 10.4. The molecule has 7 heteroatoms. The first kappa shape index (κ1) is 16.5. The fourth-order valence-electron chi connectivity index (χ4n) is 1.91. The third kappa shape index (κ3) is 3.30. The Kier molecular flexibility index (Phi) is 4.85. The summed E-state index contributed by atoms with van der Waals surface area (Å²) in [5, 5.41) is 25.9. The highest BCUT2D eigenvalue weighted by atomic mass is 35.5. The van der Waals surface area contributed by atoms with Crippen molar-refractivity contribution in [3.63, 3.8) is 0 Å². The molecule has 0 aliphatic carbocycles. The third-order valence-corrected chi connectivity index (χ3v) is 3.64. The normalized spacial score (nSPS) is 11.5. The number of rotatable bonds is 5. The van der Waals surface area contributed by atoms with Gasteiger partial charge in [-0.2, -0.15) is 5.10 Å². The molecule has 1 aromatic carbocycles. The summed E-state index contributed by atoms with van der Waals surface area (Å²) in [4.78, 5) is 12.3. The molecule has 0 saturated carbocycles. The third-order valence-electron chi connectivity index (χ3n) is 3.32. The van der Waals surface area contributed by atoms with Gasteiger partial charge in [0.1, 0.15) is 0 Å². The maximum Gasteiger partial charge on any atom is 0.272 e. The van der Waals surface area contributed by atoms with Gasteiger partial charge in [-0.25, -0.2) is 4.68 Å². The summed E-state index contributed by atoms with van der Waals surface area (Å²) in [6, 6.07) is 7.17. The summed E-state index contributed by atoms with van der Waals surface area (Å²) in [5.41, 5.74) is 0.444. The smallest absolute Gasteiger partial charge is 0.272 e. The van der Waals surface area contributed by atoms with Crippen molar-refractivity contribution in [1.82, 2.24) is 15.1 Å². The van der Waals surface area contributed by atoms with E-state index >= 15 is 0 Å². The van der Waals surface area contributed by atoms with Gasteiger partial charge in [0.15, 0.2) is 5.69 Å². The molecule has 0 fully saturated rings. The quantitative estimate of drug-likeness (QED) is 0.774. The molecule has 118 valence electrons. The average Bonchev–Trinajstić information content (AvgIpc) is 2.89. The molecule has 1 heterocycles. The van der Waals surface area contributed by atoms with Crippen molar-refractivity contribution in [2.45, 2.75) is 19.4 Å². The van der Waals surface area contributed by atoms with E-state index < -0.39 is 11.4 Å². The van der Waals surface area contributed by atoms with Crippen molar-refractivity contribution < 1.29 is 15.0 Å². The van der Waals surface area contributed by atoms with Gasteiger partial charge in [-0.3, -0.25) is 4.79 Å². The molecular weight excluding hydrogens is 306 g/mol. The number of aliphatic hydroxyl groups is 2. The molecule has 1 aromatic heterocycles. The highest BCUT2D eigenvalue weighted by molar-refractivity contribution is 6.32. The number of halogens is 1. The van der Waals surface area contributed by atoms with Gasteiger partial charge in [0.25, 0.3) is 5.91 Å². The number of aromatic nitrogens is 2. The molecule has 0 unspecified atom stereocenters.